The monoisotopic (exact) mass is 694 g/mol. The van der Waals surface area contributed by atoms with E-state index in [1.54, 1.807) is 0 Å². The lowest BCUT2D eigenvalue weighted by Gasteiger charge is -2.09. The van der Waals surface area contributed by atoms with Crippen LogP contribution >= 0.6 is 0 Å². The number of hydrogen-bond donors (Lipinski definition) is 0. The first-order valence-corrected chi connectivity index (χ1v) is 14.3. The van der Waals surface area contributed by atoms with E-state index < -0.39 is 37.5 Å². The van der Waals surface area contributed by atoms with Crippen molar-refractivity contribution in [2.75, 3.05) is 145 Å². The van der Waals surface area contributed by atoms with Crippen LogP contribution in [0.15, 0.2) is 0 Å². The molecular weight excluding hydrogens is 650 g/mol. The Morgan fingerprint density at radius 2 is 0.413 bits per heavy atom. The molecule has 46 heavy (non-hydrogen) atoms. The normalized spacial score (nSPS) is 12.0. The molecule has 0 amide bonds. The maximum absolute atomic E-state index is 11.9. The number of hydrogen-bond acceptors (Lipinski definition) is 14. The highest BCUT2D eigenvalue weighted by Crippen LogP contribution is 2.16. The summed E-state index contributed by atoms with van der Waals surface area (Å²) in [5.74, 6) is -4.50. The molecule has 0 saturated heterocycles. The third-order valence-electron chi connectivity index (χ3n) is 4.73. The summed E-state index contributed by atoms with van der Waals surface area (Å²) in [4.78, 5) is 20.9. The molecule has 0 rings (SSSR count). The number of alkyl halides is 6. The van der Waals surface area contributed by atoms with Crippen molar-refractivity contribution in [2.45, 2.75) is 12.4 Å². The van der Waals surface area contributed by atoms with Crippen molar-refractivity contribution in [1.29, 1.82) is 0 Å². The Morgan fingerprint density at radius 1 is 0.283 bits per heavy atom. The quantitative estimate of drug-likeness (QED) is 0.0554. The summed E-state index contributed by atoms with van der Waals surface area (Å²) in [6, 6.07) is 0. The number of carbonyl (C=O) groups is 2. The van der Waals surface area contributed by atoms with Gasteiger partial charge in [-0.3, -0.25) is 0 Å². The highest BCUT2D eigenvalue weighted by molar-refractivity contribution is 5.75. The molecule has 0 bridgehead atoms. The van der Waals surface area contributed by atoms with Gasteiger partial charge in [-0.25, -0.2) is 9.59 Å². The molecule has 14 nitrogen and oxygen atoms in total. The Hall–Kier alpha value is -1.88. The van der Waals surface area contributed by atoms with Gasteiger partial charge < -0.3 is 56.8 Å². The molecule has 0 spiro atoms. The first-order valence-electron chi connectivity index (χ1n) is 14.3. The Kier molecular flexibility index (Phi) is 29.2. The van der Waals surface area contributed by atoms with E-state index in [0.717, 1.165) is 0 Å². The number of carbonyl (C=O) groups excluding carboxylic acids is 2. The van der Waals surface area contributed by atoms with Gasteiger partial charge in [0.1, 0.15) is 13.2 Å². The van der Waals surface area contributed by atoms with Gasteiger partial charge in [0, 0.05) is 0 Å². The molecule has 0 saturated carbocycles. The second kappa shape index (κ2) is 30.5. The minimum Gasteiger partial charge on any atom is -0.457 e. The SMILES string of the molecule is O=C(OCCOCCOCCOCCOCCOCCOCCOCCOCCOCCOCCOC(=O)C(F)(F)F)C(F)(F)F. The van der Waals surface area contributed by atoms with Crippen LogP contribution in [-0.2, 0) is 66.4 Å². The number of halogens is 6. The zero-order chi connectivity index (χ0) is 34.2. The highest BCUT2D eigenvalue weighted by atomic mass is 19.4. The van der Waals surface area contributed by atoms with Crippen molar-refractivity contribution in [3.05, 3.63) is 0 Å². The van der Waals surface area contributed by atoms with Gasteiger partial charge in [0.25, 0.3) is 0 Å². The van der Waals surface area contributed by atoms with E-state index in [-0.39, 0.29) is 39.6 Å². The molecule has 0 unspecified atom stereocenters. The topological polar surface area (TPSA) is 145 Å². The standard InChI is InChI=1S/C26H44F6O14/c27-25(28,29)23(33)45-21-19-43-17-15-41-13-11-39-9-7-37-5-3-35-1-2-36-4-6-38-8-10-40-12-14-42-16-18-44-20-22-46-24(34)26(30,31)32/h1-22H2. The van der Waals surface area contributed by atoms with Gasteiger partial charge >= 0.3 is 24.3 Å². The fourth-order valence-electron chi connectivity index (χ4n) is 2.63. The Balaban J connectivity index is 3.13. The molecule has 0 heterocycles. The van der Waals surface area contributed by atoms with Crippen LogP contribution in [0.1, 0.15) is 0 Å². The lowest BCUT2D eigenvalue weighted by atomic mass is 10.6. The van der Waals surface area contributed by atoms with Gasteiger partial charge in [0.2, 0.25) is 0 Å². The van der Waals surface area contributed by atoms with E-state index in [1.165, 1.54) is 0 Å². The van der Waals surface area contributed by atoms with Crippen molar-refractivity contribution in [1.82, 2.24) is 0 Å². The average Bonchev–Trinajstić information content (AvgIpc) is 3.00. The predicted molar refractivity (Wildman–Crippen MR) is 142 cm³/mol. The van der Waals surface area contributed by atoms with Crippen LogP contribution in [0.3, 0.4) is 0 Å². The van der Waals surface area contributed by atoms with Gasteiger partial charge in [-0.2, -0.15) is 26.3 Å². The lowest BCUT2D eigenvalue weighted by molar-refractivity contribution is -0.200. The van der Waals surface area contributed by atoms with E-state index in [2.05, 4.69) is 9.47 Å². The summed E-state index contributed by atoms with van der Waals surface area (Å²) in [5.41, 5.74) is 0. The first-order chi connectivity index (χ1) is 22.0. The van der Waals surface area contributed by atoms with Crippen LogP contribution < -0.4 is 0 Å². The highest BCUT2D eigenvalue weighted by Gasteiger charge is 2.41. The van der Waals surface area contributed by atoms with Crippen molar-refractivity contribution in [3.8, 4) is 0 Å². The Labute approximate surface area is 263 Å². The smallest absolute Gasteiger partial charge is 0.457 e. The number of rotatable bonds is 33. The summed E-state index contributed by atoms with van der Waals surface area (Å²) >= 11 is 0. The van der Waals surface area contributed by atoms with Crippen molar-refractivity contribution in [3.63, 3.8) is 0 Å². The van der Waals surface area contributed by atoms with E-state index in [4.69, 9.17) is 47.4 Å². The van der Waals surface area contributed by atoms with Crippen LogP contribution in [0.4, 0.5) is 26.3 Å². The summed E-state index contributed by atoms with van der Waals surface area (Å²) < 4.78 is 132. The van der Waals surface area contributed by atoms with Crippen molar-refractivity contribution >= 4 is 11.9 Å². The van der Waals surface area contributed by atoms with Gasteiger partial charge in [-0.15, -0.1) is 0 Å². The van der Waals surface area contributed by atoms with E-state index in [9.17, 15) is 35.9 Å². The molecule has 0 aromatic heterocycles. The van der Waals surface area contributed by atoms with Crippen LogP contribution in [0.5, 0.6) is 0 Å². The summed E-state index contributed by atoms with van der Waals surface area (Å²) in [5, 5.41) is 0. The minimum absolute atomic E-state index is 0.136. The van der Waals surface area contributed by atoms with Crippen LogP contribution in [-0.4, -0.2) is 170 Å². The molecule has 0 aromatic carbocycles. The Morgan fingerprint density at radius 3 is 0.543 bits per heavy atom. The maximum Gasteiger partial charge on any atom is 0.490 e. The second-order valence-electron chi connectivity index (χ2n) is 8.39. The molecule has 274 valence electrons. The summed E-state index contributed by atoms with van der Waals surface area (Å²) in [6.45, 7) is 4.52. The molecule has 0 aliphatic heterocycles. The lowest BCUT2D eigenvalue weighted by Crippen LogP contribution is -2.26. The molecule has 20 heteroatoms. The van der Waals surface area contributed by atoms with Crippen molar-refractivity contribution < 1.29 is 92.8 Å². The second-order valence-corrected chi connectivity index (χ2v) is 8.39. The number of ether oxygens (including phenoxy) is 12. The zero-order valence-electron chi connectivity index (χ0n) is 25.5. The molecule has 0 fully saturated rings. The third-order valence-corrected chi connectivity index (χ3v) is 4.73. The third kappa shape index (κ3) is 32.1. The number of esters is 2. The summed E-state index contributed by atoms with van der Waals surface area (Å²) in [6.07, 6.45) is -10.0. The van der Waals surface area contributed by atoms with E-state index in [1.807, 2.05) is 0 Å². The average molecular weight is 695 g/mol. The van der Waals surface area contributed by atoms with E-state index in [0.29, 0.717) is 92.5 Å². The zero-order valence-corrected chi connectivity index (χ0v) is 25.5. The molecular formula is C26H44F6O14. The van der Waals surface area contributed by atoms with Crippen molar-refractivity contribution in [2.24, 2.45) is 0 Å². The predicted octanol–water partition coefficient (Wildman–Crippen LogP) is 1.36. The van der Waals surface area contributed by atoms with Gasteiger partial charge in [0.05, 0.1) is 132 Å². The molecule has 0 radical (unpaired) electrons. The largest absolute Gasteiger partial charge is 0.490 e. The molecule has 0 aliphatic carbocycles. The molecule has 0 aliphatic rings. The van der Waals surface area contributed by atoms with Crippen LogP contribution in [0, 0.1) is 0 Å². The maximum atomic E-state index is 11.9. The fourth-order valence-corrected chi connectivity index (χ4v) is 2.63. The van der Waals surface area contributed by atoms with E-state index >= 15 is 0 Å². The van der Waals surface area contributed by atoms with Gasteiger partial charge in [0.15, 0.2) is 0 Å². The summed E-state index contributed by atoms with van der Waals surface area (Å²) in [7, 11) is 0. The molecule has 0 N–H and O–H groups in total. The molecule has 0 atom stereocenters. The van der Waals surface area contributed by atoms with Gasteiger partial charge in [-0.05, 0) is 0 Å². The molecule has 0 aromatic rings. The fraction of sp³-hybridized carbons (Fsp3) is 0.923. The Bertz CT molecular complexity index is 658. The van der Waals surface area contributed by atoms with Gasteiger partial charge in [-0.1, -0.05) is 0 Å². The minimum atomic E-state index is -5.01. The van der Waals surface area contributed by atoms with Crippen LogP contribution in [0.2, 0.25) is 0 Å². The van der Waals surface area contributed by atoms with Crippen LogP contribution in [0.25, 0.3) is 0 Å². The first kappa shape index (κ1) is 44.1.